The van der Waals surface area contributed by atoms with Crippen LogP contribution in [0.25, 0.3) is 0 Å². The first-order valence-electron chi connectivity index (χ1n) is 8.33. The van der Waals surface area contributed by atoms with E-state index in [0.29, 0.717) is 18.7 Å². The number of nitrogens with zero attached hydrogens (tertiary/aromatic N) is 2. The van der Waals surface area contributed by atoms with Gasteiger partial charge in [-0.3, -0.25) is 20.0 Å². The lowest BCUT2D eigenvalue weighted by atomic mass is 10.2. The molecule has 0 saturated carbocycles. The average Bonchev–Trinajstić information content (AvgIpc) is 3.07. The lowest BCUT2D eigenvalue weighted by Crippen LogP contribution is -2.32. The molecular weight excluding hydrogens is 364 g/mol. The molecular formula is C19H20N4O3S. The van der Waals surface area contributed by atoms with Crippen molar-refractivity contribution >= 4 is 41.0 Å². The minimum Gasteiger partial charge on any atom is -0.468 e. The van der Waals surface area contributed by atoms with Crippen molar-refractivity contribution in [1.29, 1.82) is 5.41 Å². The third-order valence-corrected chi connectivity index (χ3v) is 5.26. The number of nitrogens with two attached hydrogens (primary N) is 1. The predicted molar refractivity (Wildman–Crippen MR) is 107 cm³/mol. The van der Waals surface area contributed by atoms with E-state index in [-0.39, 0.29) is 23.6 Å². The Morgan fingerprint density at radius 1 is 1.15 bits per heavy atom. The third kappa shape index (κ3) is 4.06. The molecule has 0 aliphatic carbocycles. The van der Waals surface area contributed by atoms with Crippen LogP contribution in [-0.2, 0) is 9.53 Å². The Hall–Kier alpha value is -3.00. The van der Waals surface area contributed by atoms with Gasteiger partial charge in [0.25, 0.3) is 0 Å². The van der Waals surface area contributed by atoms with Crippen molar-refractivity contribution in [1.82, 2.24) is 0 Å². The Morgan fingerprint density at radius 2 is 1.81 bits per heavy atom. The highest BCUT2D eigenvalue weighted by Gasteiger charge is 2.31. The van der Waals surface area contributed by atoms with Gasteiger partial charge in [0.1, 0.15) is 5.84 Å². The molecule has 27 heavy (non-hydrogen) atoms. The second-order valence-corrected chi connectivity index (χ2v) is 6.90. The fourth-order valence-corrected chi connectivity index (χ4v) is 3.71. The topological polar surface area (TPSA) is 99.7 Å². The van der Waals surface area contributed by atoms with Crippen LogP contribution in [0.4, 0.5) is 16.2 Å². The first-order valence-corrected chi connectivity index (χ1v) is 9.32. The minimum absolute atomic E-state index is 0.00696. The number of ether oxygens (including phenoxy) is 1. The highest BCUT2D eigenvalue weighted by molar-refractivity contribution is 8.00. The number of para-hydroxylation sites is 1. The summed E-state index contributed by atoms with van der Waals surface area (Å²) in [5.41, 5.74) is 7.63. The van der Waals surface area contributed by atoms with Gasteiger partial charge in [-0.2, -0.15) is 0 Å². The number of benzene rings is 2. The van der Waals surface area contributed by atoms with Crippen molar-refractivity contribution in [2.75, 3.05) is 35.8 Å². The second kappa shape index (κ2) is 8.13. The number of hydrogen-bond acceptors (Lipinski definition) is 5. The quantitative estimate of drug-likeness (QED) is 0.345. The summed E-state index contributed by atoms with van der Waals surface area (Å²) in [7, 11) is 1.36. The maximum atomic E-state index is 13.0. The molecule has 1 aliphatic rings. The van der Waals surface area contributed by atoms with Crippen molar-refractivity contribution in [2.45, 2.75) is 4.90 Å². The zero-order chi connectivity index (χ0) is 19.4. The zero-order valence-corrected chi connectivity index (χ0v) is 15.7. The number of carbonyl (C=O) groups is 2. The Labute approximate surface area is 161 Å². The van der Waals surface area contributed by atoms with Gasteiger partial charge in [-0.05, 0) is 36.4 Å². The van der Waals surface area contributed by atoms with Crippen LogP contribution in [0.2, 0.25) is 0 Å². The number of esters is 1. The molecule has 0 spiro atoms. The number of amidine groups is 1. The van der Waals surface area contributed by atoms with Gasteiger partial charge in [0.05, 0.1) is 18.6 Å². The summed E-state index contributed by atoms with van der Waals surface area (Å²) < 4.78 is 4.69. The largest absolute Gasteiger partial charge is 0.468 e. The molecule has 1 fully saturated rings. The van der Waals surface area contributed by atoms with Crippen LogP contribution < -0.4 is 15.5 Å². The maximum absolute atomic E-state index is 13.0. The summed E-state index contributed by atoms with van der Waals surface area (Å²) in [4.78, 5) is 28.6. The Morgan fingerprint density at radius 3 is 2.48 bits per heavy atom. The van der Waals surface area contributed by atoms with E-state index in [4.69, 9.17) is 11.1 Å². The van der Waals surface area contributed by atoms with Crippen LogP contribution >= 0.6 is 11.8 Å². The molecule has 2 aromatic carbocycles. The highest BCUT2D eigenvalue weighted by Crippen LogP contribution is 2.33. The Balaban J connectivity index is 1.79. The maximum Gasteiger partial charge on any atom is 0.329 e. The molecule has 1 heterocycles. The molecule has 2 amide bonds. The summed E-state index contributed by atoms with van der Waals surface area (Å²) in [5.74, 6) is -0.131. The molecule has 0 unspecified atom stereocenters. The number of thioether (sulfide) groups is 1. The fraction of sp³-hybridized carbons (Fsp3) is 0.211. The molecule has 8 heteroatoms. The lowest BCUT2D eigenvalue weighted by molar-refractivity contribution is -0.137. The number of amides is 2. The number of carbonyl (C=O) groups excluding carboxylic acids is 2. The van der Waals surface area contributed by atoms with E-state index in [1.807, 2.05) is 24.3 Å². The van der Waals surface area contributed by atoms with E-state index < -0.39 is 0 Å². The molecule has 1 saturated heterocycles. The van der Waals surface area contributed by atoms with Gasteiger partial charge in [-0.25, -0.2) is 4.79 Å². The smallest absolute Gasteiger partial charge is 0.329 e. The lowest BCUT2D eigenvalue weighted by Gasteiger charge is -2.21. The van der Waals surface area contributed by atoms with Gasteiger partial charge in [0.2, 0.25) is 0 Å². The van der Waals surface area contributed by atoms with Crippen molar-refractivity contribution in [3.63, 3.8) is 0 Å². The number of nitrogen functional groups attached to an aromatic ring is 1. The number of anilines is 2. The SMILES string of the molecule is COC(=O)CSc1ccccc1N1CCN(c2ccc(C(=N)N)cc2)C1=O. The Kier molecular flexibility index (Phi) is 5.66. The molecule has 3 N–H and O–H groups in total. The number of rotatable bonds is 6. The van der Waals surface area contributed by atoms with E-state index in [9.17, 15) is 9.59 Å². The summed E-state index contributed by atoms with van der Waals surface area (Å²) in [6.45, 7) is 1.09. The zero-order valence-electron chi connectivity index (χ0n) is 14.8. The number of urea groups is 1. The predicted octanol–water partition coefficient (Wildman–Crippen LogP) is 2.68. The van der Waals surface area contributed by atoms with E-state index >= 15 is 0 Å². The van der Waals surface area contributed by atoms with Gasteiger partial charge < -0.3 is 10.5 Å². The van der Waals surface area contributed by atoms with Gasteiger partial charge >= 0.3 is 12.0 Å². The van der Waals surface area contributed by atoms with Crippen LogP contribution in [0.15, 0.2) is 53.4 Å². The van der Waals surface area contributed by atoms with Gasteiger partial charge in [0, 0.05) is 29.2 Å². The minimum atomic E-state index is -0.310. The van der Waals surface area contributed by atoms with Crippen molar-refractivity contribution in [3.05, 3.63) is 54.1 Å². The van der Waals surface area contributed by atoms with Crippen LogP contribution in [0.1, 0.15) is 5.56 Å². The number of methoxy groups -OCH3 is 1. The van der Waals surface area contributed by atoms with Crippen molar-refractivity contribution < 1.29 is 14.3 Å². The van der Waals surface area contributed by atoms with Crippen LogP contribution in [0.5, 0.6) is 0 Å². The monoisotopic (exact) mass is 384 g/mol. The van der Waals surface area contributed by atoms with E-state index in [1.54, 1.807) is 34.1 Å². The first kappa shape index (κ1) is 18.8. The Bertz CT molecular complexity index is 870. The molecule has 0 aromatic heterocycles. The summed E-state index contributed by atoms with van der Waals surface area (Å²) in [5, 5.41) is 7.46. The number of hydrogen-bond donors (Lipinski definition) is 2. The highest BCUT2D eigenvalue weighted by atomic mass is 32.2. The fourth-order valence-electron chi connectivity index (χ4n) is 2.82. The standard InChI is InChI=1S/C19H20N4O3S/c1-26-17(24)12-27-16-5-3-2-4-15(16)23-11-10-22(19(23)25)14-8-6-13(7-9-14)18(20)21/h2-9H,10-12H2,1H3,(H3,20,21). The first-order chi connectivity index (χ1) is 13.0. The molecule has 0 atom stereocenters. The van der Waals surface area contributed by atoms with E-state index in [2.05, 4.69) is 4.74 Å². The molecule has 0 radical (unpaired) electrons. The van der Waals surface area contributed by atoms with Crippen LogP contribution in [0.3, 0.4) is 0 Å². The third-order valence-electron chi connectivity index (χ3n) is 4.23. The van der Waals surface area contributed by atoms with Gasteiger partial charge in [-0.15, -0.1) is 11.8 Å². The molecule has 0 bridgehead atoms. The molecule has 2 aromatic rings. The van der Waals surface area contributed by atoms with Crippen molar-refractivity contribution in [2.24, 2.45) is 5.73 Å². The van der Waals surface area contributed by atoms with Gasteiger partial charge in [-0.1, -0.05) is 12.1 Å². The summed E-state index contributed by atoms with van der Waals surface area (Å²) in [6, 6.07) is 14.4. The molecule has 1 aliphatic heterocycles. The average molecular weight is 384 g/mol. The second-order valence-electron chi connectivity index (χ2n) is 5.88. The normalized spacial score (nSPS) is 13.7. The van der Waals surface area contributed by atoms with Crippen molar-refractivity contribution in [3.8, 4) is 0 Å². The van der Waals surface area contributed by atoms with Crippen LogP contribution in [0, 0.1) is 5.41 Å². The molecule has 3 rings (SSSR count). The summed E-state index contributed by atoms with van der Waals surface area (Å²) in [6.07, 6.45) is 0. The van der Waals surface area contributed by atoms with Gasteiger partial charge in [0.15, 0.2) is 0 Å². The van der Waals surface area contributed by atoms with E-state index in [0.717, 1.165) is 16.3 Å². The molecule has 140 valence electrons. The summed E-state index contributed by atoms with van der Waals surface area (Å²) >= 11 is 1.35. The molecule has 7 nitrogen and oxygen atoms in total. The van der Waals surface area contributed by atoms with E-state index in [1.165, 1.54) is 18.9 Å². The van der Waals surface area contributed by atoms with Crippen LogP contribution in [-0.4, -0.2) is 43.8 Å². The number of nitrogens with one attached hydrogen (secondary N) is 1.